The van der Waals surface area contributed by atoms with Gasteiger partial charge in [0.1, 0.15) is 6.04 Å². The number of aromatic nitrogens is 1. The third kappa shape index (κ3) is 2.54. The Bertz CT molecular complexity index is 362. The van der Waals surface area contributed by atoms with E-state index >= 15 is 0 Å². The molecule has 0 aliphatic rings. The SMILES string of the molecule is CC(C)(c1ccc(Br)cn1)C(N)C(=O)O. The highest BCUT2D eigenvalue weighted by Gasteiger charge is 2.34. The van der Waals surface area contributed by atoms with Crippen molar-refractivity contribution in [3.05, 3.63) is 28.5 Å². The van der Waals surface area contributed by atoms with Crippen LogP contribution in [0.5, 0.6) is 0 Å². The van der Waals surface area contributed by atoms with Gasteiger partial charge in [0.25, 0.3) is 0 Å². The summed E-state index contributed by atoms with van der Waals surface area (Å²) in [6.45, 7) is 3.53. The van der Waals surface area contributed by atoms with E-state index in [-0.39, 0.29) is 0 Å². The molecule has 0 aliphatic carbocycles. The van der Waals surface area contributed by atoms with Crippen LogP contribution in [0, 0.1) is 0 Å². The molecule has 0 fully saturated rings. The second-order valence-electron chi connectivity index (χ2n) is 3.90. The zero-order valence-electron chi connectivity index (χ0n) is 8.57. The first-order valence-electron chi connectivity index (χ1n) is 4.46. The summed E-state index contributed by atoms with van der Waals surface area (Å²) >= 11 is 3.27. The molecule has 3 N–H and O–H groups in total. The van der Waals surface area contributed by atoms with Crippen LogP contribution in [0.15, 0.2) is 22.8 Å². The van der Waals surface area contributed by atoms with E-state index in [0.29, 0.717) is 5.69 Å². The fraction of sp³-hybridized carbons (Fsp3) is 0.400. The summed E-state index contributed by atoms with van der Waals surface area (Å²) in [6.07, 6.45) is 1.63. The molecule has 82 valence electrons. The first-order chi connectivity index (χ1) is 6.85. The van der Waals surface area contributed by atoms with Crippen LogP contribution in [0.25, 0.3) is 0 Å². The molecule has 0 aromatic carbocycles. The summed E-state index contributed by atoms with van der Waals surface area (Å²) in [4.78, 5) is 15.0. The number of rotatable bonds is 3. The third-order valence-electron chi connectivity index (χ3n) is 2.43. The van der Waals surface area contributed by atoms with Gasteiger partial charge in [0.15, 0.2) is 0 Å². The van der Waals surface area contributed by atoms with E-state index in [4.69, 9.17) is 10.8 Å². The molecule has 0 bridgehead atoms. The Labute approximate surface area is 96.6 Å². The number of hydrogen-bond acceptors (Lipinski definition) is 3. The quantitative estimate of drug-likeness (QED) is 0.875. The lowest BCUT2D eigenvalue weighted by Gasteiger charge is -2.27. The van der Waals surface area contributed by atoms with Crippen molar-refractivity contribution in [2.75, 3.05) is 0 Å². The van der Waals surface area contributed by atoms with E-state index in [2.05, 4.69) is 20.9 Å². The third-order valence-corrected chi connectivity index (χ3v) is 2.90. The predicted molar refractivity (Wildman–Crippen MR) is 60.6 cm³/mol. The first-order valence-corrected chi connectivity index (χ1v) is 5.25. The monoisotopic (exact) mass is 272 g/mol. The molecule has 1 rings (SSSR count). The molecule has 4 nitrogen and oxygen atoms in total. The number of carbonyl (C=O) groups is 1. The van der Waals surface area contributed by atoms with Crippen LogP contribution >= 0.6 is 15.9 Å². The molecule has 0 saturated carbocycles. The molecule has 1 heterocycles. The van der Waals surface area contributed by atoms with Crippen molar-refractivity contribution in [1.82, 2.24) is 4.98 Å². The first kappa shape index (κ1) is 12.1. The van der Waals surface area contributed by atoms with Crippen LogP contribution in [-0.2, 0) is 10.2 Å². The standard InChI is InChI=1S/C10H13BrN2O2/c1-10(2,8(12)9(14)15)7-4-3-6(11)5-13-7/h3-5,8H,12H2,1-2H3,(H,14,15). The van der Waals surface area contributed by atoms with Crippen molar-refractivity contribution in [3.63, 3.8) is 0 Å². The Hall–Kier alpha value is -0.940. The number of nitrogens with two attached hydrogens (primary N) is 1. The van der Waals surface area contributed by atoms with Gasteiger partial charge in [-0.2, -0.15) is 0 Å². The molecule has 1 aromatic rings. The molecular weight excluding hydrogens is 260 g/mol. The van der Waals surface area contributed by atoms with Gasteiger partial charge < -0.3 is 10.8 Å². The van der Waals surface area contributed by atoms with E-state index in [9.17, 15) is 4.79 Å². The summed E-state index contributed by atoms with van der Waals surface area (Å²) in [7, 11) is 0. The fourth-order valence-electron chi connectivity index (χ4n) is 1.22. The summed E-state index contributed by atoms with van der Waals surface area (Å²) in [5.41, 5.74) is 5.59. The molecule has 0 radical (unpaired) electrons. The number of carboxylic acid groups (broad SMARTS) is 1. The molecule has 0 spiro atoms. The summed E-state index contributed by atoms with van der Waals surface area (Å²) in [5, 5.41) is 8.87. The number of carboxylic acids is 1. The maximum absolute atomic E-state index is 10.8. The molecule has 15 heavy (non-hydrogen) atoms. The van der Waals surface area contributed by atoms with Crippen molar-refractivity contribution >= 4 is 21.9 Å². The van der Waals surface area contributed by atoms with Gasteiger partial charge in [0, 0.05) is 21.8 Å². The smallest absolute Gasteiger partial charge is 0.321 e. The van der Waals surface area contributed by atoms with Crippen molar-refractivity contribution in [2.45, 2.75) is 25.3 Å². The average molecular weight is 273 g/mol. The second-order valence-corrected chi connectivity index (χ2v) is 4.81. The van der Waals surface area contributed by atoms with Crippen molar-refractivity contribution < 1.29 is 9.90 Å². The number of aliphatic carboxylic acids is 1. The van der Waals surface area contributed by atoms with Gasteiger partial charge in [-0.3, -0.25) is 9.78 Å². The van der Waals surface area contributed by atoms with Crippen LogP contribution in [0.3, 0.4) is 0 Å². The van der Waals surface area contributed by atoms with Crippen LogP contribution in [-0.4, -0.2) is 22.1 Å². The lowest BCUT2D eigenvalue weighted by atomic mass is 9.81. The highest BCUT2D eigenvalue weighted by atomic mass is 79.9. The maximum Gasteiger partial charge on any atom is 0.321 e. The summed E-state index contributed by atoms with van der Waals surface area (Å²) in [6, 6.07) is 2.62. The number of hydrogen-bond donors (Lipinski definition) is 2. The molecule has 1 atom stereocenters. The minimum atomic E-state index is -1.02. The predicted octanol–water partition coefficient (Wildman–Crippen LogP) is 1.53. The molecule has 1 aromatic heterocycles. The average Bonchev–Trinajstić information content (AvgIpc) is 2.17. The number of pyridine rings is 1. The van der Waals surface area contributed by atoms with Crippen LogP contribution in [0.2, 0.25) is 0 Å². The normalized spacial score (nSPS) is 13.6. The van der Waals surface area contributed by atoms with Crippen LogP contribution in [0.4, 0.5) is 0 Å². The Morgan fingerprint density at radius 2 is 2.20 bits per heavy atom. The van der Waals surface area contributed by atoms with E-state index < -0.39 is 17.4 Å². The van der Waals surface area contributed by atoms with Crippen LogP contribution < -0.4 is 5.73 Å². The summed E-state index contributed by atoms with van der Waals surface area (Å²) < 4.78 is 0.853. The minimum Gasteiger partial charge on any atom is -0.480 e. The Balaban J connectivity index is 3.05. The molecule has 0 saturated heterocycles. The second kappa shape index (κ2) is 4.28. The van der Waals surface area contributed by atoms with Gasteiger partial charge in [-0.05, 0) is 28.1 Å². The Kier molecular flexibility index (Phi) is 3.46. The van der Waals surface area contributed by atoms with Gasteiger partial charge in [-0.1, -0.05) is 13.8 Å². The van der Waals surface area contributed by atoms with E-state index in [0.717, 1.165) is 4.47 Å². The highest BCUT2D eigenvalue weighted by Crippen LogP contribution is 2.25. The maximum atomic E-state index is 10.8. The number of nitrogens with zero attached hydrogens (tertiary/aromatic N) is 1. The fourth-order valence-corrected chi connectivity index (χ4v) is 1.46. The van der Waals surface area contributed by atoms with E-state index in [1.165, 1.54) is 0 Å². The zero-order chi connectivity index (χ0) is 11.6. The van der Waals surface area contributed by atoms with Gasteiger partial charge >= 0.3 is 5.97 Å². The van der Waals surface area contributed by atoms with Gasteiger partial charge in [-0.15, -0.1) is 0 Å². The molecule has 0 amide bonds. The lowest BCUT2D eigenvalue weighted by molar-refractivity contribution is -0.140. The Morgan fingerprint density at radius 1 is 1.60 bits per heavy atom. The molecule has 5 heteroatoms. The lowest BCUT2D eigenvalue weighted by Crippen LogP contribution is -2.47. The Morgan fingerprint density at radius 3 is 2.60 bits per heavy atom. The van der Waals surface area contributed by atoms with E-state index in [1.54, 1.807) is 26.1 Å². The van der Waals surface area contributed by atoms with E-state index in [1.807, 2.05) is 6.07 Å². The molecule has 1 unspecified atom stereocenters. The van der Waals surface area contributed by atoms with Gasteiger partial charge in [0.05, 0.1) is 0 Å². The number of halogens is 1. The largest absolute Gasteiger partial charge is 0.480 e. The van der Waals surface area contributed by atoms with Crippen molar-refractivity contribution in [1.29, 1.82) is 0 Å². The van der Waals surface area contributed by atoms with Crippen LogP contribution in [0.1, 0.15) is 19.5 Å². The zero-order valence-corrected chi connectivity index (χ0v) is 10.2. The van der Waals surface area contributed by atoms with Gasteiger partial charge in [-0.25, -0.2) is 0 Å². The highest BCUT2D eigenvalue weighted by molar-refractivity contribution is 9.10. The van der Waals surface area contributed by atoms with Crippen molar-refractivity contribution in [3.8, 4) is 0 Å². The minimum absolute atomic E-state index is 0.667. The summed E-state index contributed by atoms with van der Waals surface area (Å²) in [5.74, 6) is -1.02. The molecular formula is C10H13BrN2O2. The molecule has 0 aliphatic heterocycles. The van der Waals surface area contributed by atoms with Crippen molar-refractivity contribution in [2.24, 2.45) is 5.73 Å². The van der Waals surface area contributed by atoms with Gasteiger partial charge in [0.2, 0.25) is 0 Å². The topological polar surface area (TPSA) is 76.2 Å².